The fourth-order valence-electron chi connectivity index (χ4n) is 2.44. The first-order chi connectivity index (χ1) is 9.14. The van der Waals surface area contributed by atoms with Crippen LogP contribution in [-0.4, -0.2) is 31.8 Å². The van der Waals surface area contributed by atoms with Crippen molar-refractivity contribution in [2.45, 2.75) is 59.3 Å². The van der Waals surface area contributed by atoms with E-state index in [1.807, 2.05) is 6.08 Å². The molecule has 0 aliphatic carbocycles. The highest BCUT2D eigenvalue weighted by Gasteiger charge is 2.34. The predicted octanol–water partition coefficient (Wildman–Crippen LogP) is 4.25. The molecule has 0 N–H and O–H groups in total. The summed E-state index contributed by atoms with van der Waals surface area (Å²) < 4.78 is 4.78. The average Bonchev–Trinajstić information content (AvgIpc) is 2.45. The Labute approximate surface area is 121 Å². The molecule has 0 spiro atoms. The summed E-state index contributed by atoms with van der Waals surface area (Å²) in [7, 11) is 0.506. The Hall–Kier alpha value is -0.230. The number of rotatable bonds is 12. The molecule has 0 saturated heterocycles. The highest BCUT2D eigenvalue weighted by atomic mass is 31.2. The summed E-state index contributed by atoms with van der Waals surface area (Å²) in [6.07, 6.45) is 14.6. The molecular weight excluding hydrogens is 255 g/mol. The Balaban J connectivity index is 4.75. The number of ether oxygens (including phenoxy) is 1. The van der Waals surface area contributed by atoms with Gasteiger partial charge in [-0.1, -0.05) is 40.0 Å². The molecule has 0 radical (unpaired) electrons. The smallest absolute Gasteiger partial charge is 0.0793 e. The molecule has 2 nitrogen and oxygen atoms in total. The molecule has 0 aliphatic heterocycles. The lowest BCUT2D eigenvalue weighted by molar-refractivity contribution is -0.353. The molecule has 0 aliphatic rings. The van der Waals surface area contributed by atoms with Gasteiger partial charge in [-0.15, -0.1) is 0 Å². The van der Waals surface area contributed by atoms with Gasteiger partial charge in [0.25, 0.3) is 0 Å². The monoisotopic (exact) mass is 288 g/mol. The number of methoxy groups -OCH3 is 1. The normalized spacial score (nSPS) is 12.7. The van der Waals surface area contributed by atoms with Crippen LogP contribution in [0.25, 0.3) is 0 Å². The van der Waals surface area contributed by atoms with Crippen LogP contribution in [0.3, 0.4) is 0 Å². The van der Waals surface area contributed by atoms with Gasteiger partial charge in [-0.25, -0.2) is 0 Å². The Morgan fingerprint density at radius 2 is 1.37 bits per heavy atom. The summed E-state index contributed by atoms with van der Waals surface area (Å²) in [6.45, 7) is 6.79. The standard InChI is InChI=1S/C16H33O2P/c1-5-8-12-19(13-9-6-2,14-10-7-3)15-11-16(17)18-4/h11H,5-10,12-15H2,1-4H3/b16-11+. The molecule has 0 aromatic carbocycles. The molecule has 0 heterocycles. The molecule has 0 aromatic heterocycles. The molecule has 0 amide bonds. The third-order valence-electron chi connectivity index (χ3n) is 3.80. The lowest BCUT2D eigenvalue weighted by Gasteiger charge is -2.27. The minimum absolute atomic E-state index is 0.145. The summed E-state index contributed by atoms with van der Waals surface area (Å²) in [6, 6.07) is 0. The number of hydrogen-bond acceptors (Lipinski definition) is 2. The molecular formula is C16H33O2P. The first-order valence-electron chi connectivity index (χ1n) is 7.90. The van der Waals surface area contributed by atoms with Gasteiger partial charge >= 0.3 is 0 Å². The Bertz CT molecular complexity index is 217. The van der Waals surface area contributed by atoms with Gasteiger partial charge in [0.05, 0.1) is 30.6 Å². The fraction of sp³-hybridized carbons (Fsp3) is 0.875. The van der Waals surface area contributed by atoms with Crippen molar-refractivity contribution in [3.8, 4) is 0 Å². The Kier molecular flexibility index (Phi) is 11.4. The molecule has 114 valence electrons. The molecule has 0 bridgehead atoms. The third kappa shape index (κ3) is 8.52. The first kappa shape index (κ1) is 18.8. The van der Waals surface area contributed by atoms with Crippen molar-refractivity contribution in [1.82, 2.24) is 0 Å². The van der Waals surface area contributed by atoms with Gasteiger partial charge in [-0.3, -0.25) is 0 Å². The predicted molar refractivity (Wildman–Crippen MR) is 86.2 cm³/mol. The minimum atomic E-state index is -0.969. The van der Waals surface area contributed by atoms with Gasteiger partial charge in [0, 0.05) is 7.26 Å². The molecule has 0 rings (SSSR count). The summed E-state index contributed by atoms with van der Waals surface area (Å²) >= 11 is 0. The van der Waals surface area contributed by atoms with Crippen LogP contribution in [0.2, 0.25) is 0 Å². The summed E-state index contributed by atoms with van der Waals surface area (Å²) in [4.78, 5) is 0. The second kappa shape index (κ2) is 11.6. The maximum atomic E-state index is 11.4. The van der Waals surface area contributed by atoms with Crippen LogP contribution in [0.4, 0.5) is 0 Å². The second-order valence-corrected chi connectivity index (χ2v) is 9.87. The quantitative estimate of drug-likeness (QED) is 0.397. The van der Waals surface area contributed by atoms with Gasteiger partial charge in [-0.2, -0.15) is 0 Å². The van der Waals surface area contributed by atoms with E-state index in [-0.39, 0.29) is 5.95 Å². The zero-order valence-corrected chi connectivity index (χ0v) is 14.3. The largest absolute Gasteiger partial charge is 0.617 e. The first-order valence-corrected chi connectivity index (χ1v) is 10.4. The van der Waals surface area contributed by atoms with Crippen molar-refractivity contribution >= 4 is 7.26 Å². The van der Waals surface area contributed by atoms with Crippen molar-refractivity contribution in [2.75, 3.05) is 31.8 Å². The van der Waals surface area contributed by atoms with E-state index >= 15 is 0 Å². The van der Waals surface area contributed by atoms with Crippen LogP contribution in [0, 0.1) is 0 Å². The van der Waals surface area contributed by atoms with Crippen molar-refractivity contribution in [3.05, 3.63) is 12.0 Å². The van der Waals surface area contributed by atoms with E-state index in [4.69, 9.17) is 4.74 Å². The van der Waals surface area contributed by atoms with Gasteiger partial charge in [-0.05, 0) is 32.4 Å². The van der Waals surface area contributed by atoms with Crippen LogP contribution in [0.15, 0.2) is 12.0 Å². The molecule has 0 unspecified atom stereocenters. The molecule has 0 saturated carbocycles. The van der Waals surface area contributed by atoms with E-state index in [0.29, 0.717) is 0 Å². The van der Waals surface area contributed by atoms with E-state index in [0.717, 1.165) is 6.16 Å². The van der Waals surface area contributed by atoms with Crippen LogP contribution >= 0.6 is 7.26 Å². The minimum Gasteiger partial charge on any atom is -0.617 e. The molecule has 0 fully saturated rings. The number of unbranched alkanes of at least 4 members (excludes halogenated alkanes) is 3. The summed E-state index contributed by atoms with van der Waals surface area (Å²) in [5, 5.41) is 11.4. The van der Waals surface area contributed by atoms with Crippen molar-refractivity contribution in [3.63, 3.8) is 0 Å². The lowest BCUT2D eigenvalue weighted by atomic mass is 10.4. The van der Waals surface area contributed by atoms with E-state index < -0.39 is 7.26 Å². The van der Waals surface area contributed by atoms with E-state index in [1.54, 1.807) is 0 Å². The maximum absolute atomic E-state index is 11.4. The Morgan fingerprint density at radius 3 is 1.68 bits per heavy atom. The summed E-state index contributed by atoms with van der Waals surface area (Å²) in [5.41, 5.74) is 0. The highest BCUT2D eigenvalue weighted by molar-refractivity contribution is 7.76. The number of hydrogen-bond donors (Lipinski definition) is 0. The molecule has 3 heteroatoms. The average molecular weight is 288 g/mol. The van der Waals surface area contributed by atoms with Gasteiger partial charge < -0.3 is 9.84 Å². The lowest BCUT2D eigenvalue weighted by Crippen LogP contribution is -2.14. The topological polar surface area (TPSA) is 32.3 Å². The molecule has 0 aromatic rings. The van der Waals surface area contributed by atoms with Crippen LogP contribution in [-0.2, 0) is 4.74 Å². The van der Waals surface area contributed by atoms with Gasteiger partial charge in [0.2, 0.25) is 0 Å². The second-order valence-electron chi connectivity index (χ2n) is 5.48. The highest BCUT2D eigenvalue weighted by Crippen LogP contribution is 2.60. The maximum Gasteiger partial charge on any atom is 0.0793 e. The van der Waals surface area contributed by atoms with Crippen molar-refractivity contribution in [2.24, 2.45) is 0 Å². The van der Waals surface area contributed by atoms with E-state index in [2.05, 4.69) is 20.8 Å². The third-order valence-corrected chi connectivity index (χ3v) is 8.56. The zero-order valence-electron chi connectivity index (χ0n) is 13.4. The molecule has 0 atom stereocenters. The van der Waals surface area contributed by atoms with E-state index in [1.165, 1.54) is 64.1 Å². The van der Waals surface area contributed by atoms with Gasteiger partial charge in [0.15, 0.2) is 0 Å². The summed E-state index contributed by atoms with van der Waals surface area (Å²) in [5.74, 6) is -0.145. The SMILES string of the molecule is CCCC[P+](C/C=C(\[O-])OC)(CCCC)CCCC. The van der Waals surface area contributed by atoms with E-state index in [9.17, 15) is 5.11 Å². The van der Waals surface area contributed by atoms with Crippen LogP contribution in [0.1, 0.15) is 59.3 Å². The number of allylic oxidation sites excluding steroid dienone is 1. The van der Waals surface area contributed by atoms with Crippen LogP contribution < -0.4 is 5.11 Å². The van der Waals surface area contributed by atoms with Crippen molar-refractivity contribution < 1.29 is 9.84 Å². The Morgan fingerprint density at radius 1 is 0.947 bits per heavy atom. The zero-order chi connectivity index (χ0) is 14.6. The molecule has 19 heavy (non-hydrogen) atoms. The van der Waals surface area contributed by atoms with Crippen molar-refractivity contribution in [1.29, 1.82) is 0 Å². The fourth-order valence-corrected chi connectivity index (χ4v) is 7.16. The van der Waals surface area contributed by atoms with Gasteiger partial charge in [0.1, 0.15) is 0 Å². The van der Waals surface area contributed by atoms with Crippen LogP contribution in [0.5, 0.6) is 0 Å².